The van der Waals surface area contributed by atoms with E-state index in [9.17, 15) is 9.18 Å². The average Bonchev–Trinajstić information content (AvgIpc) is 2.34. The number of carbonyl (C=O) groups excluding carboxylic acids is 1. The molecule has 0 bridgehead atoms. The summed E-state index contributed by atoms with van der Waals surface area (Å²) < 4.78 is 13.2. The molecule has 3 N–H and O–H groups in total. The molecular formula is C14H12ClFN2O. The van der Waals surface area contributed by atoms with Crippen molar-refractivity contribution >= 4 is 28.9 Å². The van der Waals surface area contributed by atoms with Gasteiger partial charge < -0.3 is 11.1 Å². The number of benzene rings is 2. The van der Waals surface area contributed by atoms with Crippen LogP contribution in [0.25, 0.3) is 0 Å². The third-order valence-electron chi connectivity index (χ3n) is 2.52. The molecule has 0 fully saturated rings. The zero-order valence-electron chi connectivity index (χ0n) is 9.99. The topological polar surface area (TPSA) is 55.1 Å². The predicted octanol–water partition coefficient (Wildman–Crippen LogP) is 3.24. The van der Waals surface area contributed by atoms with Crippen molar-refractivity contribution in [1.82, 2.24) is 0 Å². The Labute approximate surface area is 115 Å². The van der Waals surface area contributed by atoms with Crippen LogP contribution in [0.15, 0.2) is 42.5 Å². The van der Waals surface area contributed by atoms with Crippen LogP contribution in [0.4, 0.5) is 15.8 Å². The minimum absolute atomic E-state index is 0.0221. The Hall–Kier alpha value is -2.07. The van der Waals surface area contributed by atoms with Gasteiger partial charge in [-0.15, -0.1) is 0 Å². The fourth-order valence-corrected chi connectivity index (χ4v) is 1.79. The smallest absolute Gasteiger partial charge is 0.228 e. The van der Waals surface area contributed by atoms with E-state index in [1.165, 1.54) is 12.1 Å². The summed E-state index contributed by atoms with van der Waals surface area (Å²) in [7, 11) is 0. The molecule has 0 aromatic heterocycles. The minimum atomic E-state index is -0.566. The van der Waals surface area contributed by atoms with Gasteiger partial charge in [-0.3, -0.25) is 4.79 Å². The Morgan fingerprint density at radius 1 is 1.26 bits per heavy atom. The molecule has 2 rings (SSSR count). The Morgan fingerprint density at radius 2 is 2.05 bits per heavy atom. The van der Waals surface area contributed by atoms with Gasteiger partial charge in [-0.25, -0.2) is 4.39 Å². The Kier molecular flexibility index (Phi) is 4.02. The Bertz CT molecular complexity index is 616. The van der Waals surface area contributed by atoms with Crippen LogP contribution in [-0.2, 0) is 11.2 Å². The molecule has 0 saturated heterocycles. The highest BCUT2D eigenvalue weighted by molar-refractivity contribution is 6.30. The van der Waals surface area contributed by atoms with Gasteiger partial charge in [0.05, 0.1) is 11.4 Å². The molecular weight excluding hydrogens is 267 g/mol. The van der Waals surface area contributed by atoms with Gasteiger partial charge in [-0.1, -0.05) is 23.7 Å². The monoisotopic (exact) mass is 278 g/mol. The average molecular weight is 279 g/mol. The van der Waals surface area contributed by atoms with Crippen LogP contribution in [0.1, 0.15) is 5.56 Å². The number of hydrogen-bond acceptors (Lipinski definition) is 2. The SMILES string of the molecule is Nc1cccc(CC(=O)Nc2ccc(Cl)c(F)c2)c1. The first-order valence-corrected chi connectivity index (χ1v) is 6.02. The molecule has 1 amide bonds. The van der Waals surface area contributed by atoms with Gasteiger partial charge in [-0.2, -0.15) is 0 Å². The van der Waals surface area contributed by atoms with Crippen molar-refractivity contribution in [3.05, 3.63) is 58.9 Å². The molecule has 2 aromatic rings. The van der Waals surface area contributed by atoms with Gasteiger partial charge in [0.1, 0.15) is 5.82 Å². The van der Waals surface area contributed by atoms with Crippen molar-refractivity contribution < 1.29 is 9.18 Å². The molecule has 0 saturated carbocycles. The van der Waals surface area contributed by atoms with E-state index in [1.807, 2.05) is 0 Å². The van der Waals surface area contributed by atoms with Gasteiger partial charge in [-0.05, 0) is 35.9 Å². The van der Waals surface area contributed by atoms with Crippen LogP contribution in [0, 0.1) is 5.82 Å². The Balaban J connectivity index is 2.03. The molecule has 19 heavy (non-hydrogen) atoms. The quantitative estimate of drug-likeness (QED) is 0.847. The molecule has 98 valence electrons. The molecule has 0 aliphatic carbocycles. The maximum absolute atomic E-state index is 13.2. The molecule has 0 unspecified atom stereocenters. The summed E-state index contributed by atoms with van der Waals surface area (Å²) in [5.74, 6) is -0.809. The fraction of sp³-hybridized carbons (Fsp3) is 0.0714. The van der Waals surface area contributed by atoms with E-state index in [4.69, 9.17) is 17.3 Å². The lowest BCUT2D eigenvalue weighted by atomic mass is 10.1. The number of rotatable bonds is 3. The first-order valence-electron chi connectivity index (χ1n) is 5.64. The third-order valence-corrected chi connectivity index (χ3v) is 2.83. The van der Waals surface area contributed by atoms with Gasteiger partial charge >= 0.3 is 0 Å². The lowest BCUT2D eigenvalue weighted by Gasteiger charge is -2.06. The van der Waals surface area contributed by atoms with E-state index in [1.54, 1.807) is 30.3 Å². The lowest BCUT2D eigenvalue weighted by Crippen LogP contribution is -2.14. The van der Waals surface area contributed by atoms with Gasteiger partial charge in [0.2, 0.25) is 5.91 Å². The van der Waals surface area contributed by atoms with Gasteiger partial charge in [0.25, 0.3) is 0 Å². The highest BCUT2D eigenvalue weighted by Gasteiger charge is 2.06. The second-order valence-electron chi connectivity index (χ2n) is 4.10. The molecule has 0 spiro atoms. The number of hydrogen-bond donors (Lipinski definition) is 2. The zero-order chi connectivity index (χ0) is 13.8. The van der Waals surface area contributed by atoms with Crippen molar-refractivity contribution in [2.24, 2.45) is 0 Å². The molecule has 0 aliphatic heterocycles. The first-order chi connectivity index (χ1) is 9.04. The normalized spacial score (nSPS) is 10.2. The number of carbonyl (C=O) groups is 1. The summed E-state index contributed by atoms with van der Waals surface area (Å²) in [6.07, 6.45) is 0.176. The number of halogens is 2. The van der Waals surface area contributed by atoms with Crippen molar-refractivity contribution in [2.45, 2.75) is 6.42 Å². The largest absolute Gasteiger partial charge is 0.399 e. The van der Waals surface area contributed by atoms with Crippen LogP contribution in [0.5, 0.6) is 0 Å². The third kappa shape index (κ3) is 3.69. The highest BCUT2D eigenvalue weighted by atomic mass is 35.5. The van der Waals surface area contributed by atoms with Crippen molar-refractivity contribution in [3.63, 3.8) is 0 Å². The molecule has 0 radical (unpaired) electrons. The highest BCUT2D eigenvalue weighted by Crippen LogP contribution is 2.19. The molecule has 0 aliphatic rings. The number of nitrogen functional groups attached to an aromatic ring is 1. The van der Waals surface area contributed by atoms with Crippen LogP contribution in [-0.4, -0.2) is 5.91 Å². The standard InChI is InChI=1S/C14H12ClFN2O/c15-12-5-4-11(8-13(12)16)18-14(19)7-9-2-1-3-10(17)6-9/h1-6,8H,7,17H2,(H,18,19). The van der Waals surface area contributed by atoms with E-state index in [0.29, 0.717) is 11.4 Å². The molecule has 3 nitrogen and oxygen atoms in total. The summed E-state index contributed by atoms with van der Waals surface area (Å²) in [4.78, 5) is 11.8. The number of amides is 1. The van der Waals surface area contributed by atoms with E-state index in [-0.39, 0.29) is 17.4 Å². The molecule has 0 atom stereocenters. The first kappa shape index (κ1) is 13.4. The summed E-state index contributed by atoms with van der Waals surface area (Å²) in [6.45, 7) is 0. The molecule has 0 heterocycles. The van der Waals surface area contributed by atoms with Crippen molar-refractivity contribution in [3.8, 4) is 0 Å². The predicted molar refractivity (Wildman–Crippen MR) is 74.6 cm³/mol. The van der Waals surface area contributed by atoms with Gasteiger partial charge in [0, 0.05) is 11.4 Å². The van der Waals surface area contributed by atoms with Crippen molar-refractivity contribution in [2.75, 3.05) is 11.1 Å². The van der Waals surface area contributed by atoms with Crippen LogP contribution in [0.2, 0.25) is 5.02 Å². The summed E-state index contributed by atoms with van der Waals surface area (Å²) in [6, 6.07) is 11.2. The number of nitrogens with one attached hydrogen (secondary N) is 1. The van der Waals surface area contributed by atoms with Crippen molar-refractivity contribution in [1.29, 1.82) is 0 Å². The number of nitrogens with two attached hydrogens (primary N) is 1. The zero-order valence-corrected chi connectivity index (χ0v) is 10.7. The summed E-state index contributed by atoms with van der Waals surface area (Å²) in [5.41, 5.74) is 7.40. The summed E-state index contributed by atoms with van der Waals surface area (Å²) >= 11 is 5.56. The minimum Gasteiger partial charge on any atom is -0.399 e. The lowest BCUT2D eigenvalue weighted by molar-refractivity contribution is -0.115. The van der Waals surface area contributed by atoms with E-state index < -0.39 is 5.82 Å². The van der Waals surface area contributed by atoms with E-state index >= 15 is 0 Å². The molecule has 5 heteroatoms. The van der Waals surface area contributed by atoms with E-state index in [2.05, 4.69) is 5.32 Å². The van der Waals surface area contributed by atoms with Gasteiger partial charge in [0.15, 0.2) is 0 Å². The summed E-state index contributed by atoms with van der Waals surface area (Å²) in [5, 5.41) is 2.62. The fourth-order valence-electron chi connectivity index (χ4n) is 1.67. The Morgan fingerprint density at radius 3 is 2.74 bits per heavy atom. The van der Waals surface area contributed by atoms with Crippen LogP contribution >= 0.6 is 11.6 Å². The second-order valence-corrected chi connectivity index (χ2v) is 4.51. The second kappa shape index (κ2) is 5.71. The van der Waals surface area contributed by atoms with Crippen LogP contribution in [0.3, 0.4) is 0 Å². The maximum Gasteiger partial charge on any atom is 0.228 e. The maximum atomic E-state index is 13.2. The molecule has 2 aromatic carbocycles. The van der Waals surface area contributed by atoms with Crippen LogP contribution < -0.4 is 11.1 Å². The number of anilines is 2. The van der Waals surface area contributed by atoms with E-state index in [0.717, 1.165) is 5.56 Å².